The first-order chi connectivity index (χ1) is 5.81. The standard InChI is InChI=1S/C10H9FS/c11-10(6-2-1-3-7-10)9-5-4-8-12-9/h1-6,8H,7H2. The average molecular weight is 180 g/mol. The van der Waals surface area contributed by atoms with Crippen LogP contribution in [0.25, 0.3) is 0 Å². The van der Waals surface area contributed by atoms with Gasteiger partial charge in [-0.3, -0.25) is 0 Å². The molecule has 1 aromatic heterocycles. The van der Waals surface area contributed by atoms with Crippen LogP contribution in [0.1, 0.15) is 11.3 Å². The number of hydrogen-bond donors (Lipinski definition) is 0. The number of allylic oxidation sites excluding steroid dienone is 4. The van der Waals surface area contributed by atoms with E-state index < -0.39 is 5.67 Å². The van der Waals surface area contributed by atoms with Crippen molar-refractivity contribution in [3.63, 3.8) is 0 Å². The second kappa shape index (κ2) is 2.87. The van der Waals surface area contributed by atoms with E-state index in [0.29, 0.717) is 6.42 Å². The van der Waals surface area contributed by atoms with E-state index in [9.17, 15) is 4.39 Å². The van der Waals surface area contributed by atoms with Crippen LogP contribution in [0.5, 0.6) is 0 Å². The summed E-state index contributed by atoms with van der Waals surface area (Å²) in [6.07, 6.45) is 7.59. The topological polar surface area (TPSA) is 0 Å². The lowest BCUT2D eigenvalue weighted by molar-refractivity contribution is 0.241. The van der Waals surface area contributed by atoms with Crippen molar-refractivity contribution in [1.29, 1.82) is 0 Å². The lowest BCUT2D eigenvalue weighted by atomic mass is 9.96. The summed E-state index contributed by atoms with van der Waals surface area (Å²) in [6, 6.07) is 3.72. The first-order valence-electron chi connectivity index (χ1n) is 3.88. The molecule has 0 fully saturated rings. The number of thiophene rings is 1. The molecule has 1 aliphatic carbocycles. The summed E-state index contributed by atoms with van der Waals surface area (Å²) >= 11 is 1.47. The largest absolute Gasteiger partial charge is 0.233 e. The minimum Gasteiger partial charge on any atom is -0.233 e. The van der Waals surface area contributed by atoms with Gasteiger partial charge in [-0.15, -0.1) is 11.3 Å². The molecule has 1 unspecified atom stereocenters. The molecule has 1 heterocycles. The maximum absolute atomic E-state index is 14.0. The first-order valence-corrected chi connectivity index (χ1v) is 4.76. The van der Waals surface area contributed by atoms with Crippen LogP contribution in [0.2, 0.25) is 0 Å². The van der Waals surface area contributed by atoms with E-state index in [1.165, 1.54) is 11.3 Å². The second-order valence-corrected chi connectivity index (χ2v) is 3.78. The maximum atomic E-state index is 14.0. The molecule has 0 spiro atoms. The van der Waals surface area contributed by atoms with Gasteiger partial charge >= 0.3 is 0 Å². The molecule has 1 aliphatic rings. The van der Waals surface area contributed by atoms with E-state index in [1.807, 2.05) is 29.7 Å². The molecule has 12 heavy (non-hydrogen) atoms. The lowest BCUT2D eigenvalue weighted by Gasteiger charge is -2.19. The summed E-state index contributed by atoms with van der Waals surface area (Å²) in [5.41, 5.74) is -1.25. The Kier molecular flexibility index (Phi) is 1.85. The summed E-state index contributed by atoms with van der Waals surface area (Å²) in [5, 5.41) is 1.91. The van der Waals surface area contributed by atoms with Crippen LogP contribution in [0, 0.1) is 0 Å². The zero-order valence-corrected chi connectivity index (χ0v) is 7.35. The lowest BCUT2D eigenvalue weighted by Crippen LogP contribution is -2.15. The summed E-state index contributed by atoms with van der Waals surface area (Å²) in [6.45, 7) is 0. The van der Waals surface area contributed by atoms with E-state index in [-0.39, 0.29) is 0 Å². The Balaban J connectivity index is 2.34. The molecule has 0 N–H and O–H groups in total. The van der Waals surface area contributed by atoms with Crippen molar-refractivity contribution < 1.29 is 4.39 Å². The first kappa shape index (κ1) is 7.74. The van der Waals surface area contributed by atoms with Gasteiger partial charge in [-0.2, -0.15) is 0 Å². The smallest absolute Gasteiger partial charge is 0.166 e. The molecule has 2 rings (SSSR count). The number of rotatable bonds is 1. The van der Waals surface area contributed by atoms with Gasteiger partial charge in [0, 0.05) is 11.3 Å². The molecule has 0 saturated heterocycles. The predicted octanol–water partition coefficient (Wildman–Crippen LogP) is 3.43. The van der Waals surface area contributed by atoms with Gasteiger partial charge in [-0.1, -0.05) is 24.3 Å². The van der Waals surface area contributed by atoms with Gasteiger partial charge in [-0.05, 0) is 17.5 Å². The molecule has 0 saturated carbocycles. The quantitative estimate of drug-likeness (QED) is 0.621. The van der Waals surface area contributed by atoms with Crippen LogP contribution in [-0.2, 0) is 5.67 Å². The molecule has 62 valence electrons. The van der Waals surface area contributed by atoms with Crippen molar-refractivity contribution >= 4 is 11.3 Å². The van der Waals surface area contributed by atoms with Crippen LogP contribution < -0.4 is 0 Å². The van der Waals surface area contributed by atoms with E-state index in [0.717, 1.165) is 4.88 Å². The van der Waals surface area contributed by atoms with Gasteiger partial charge in [0.05, 0.1) is 0 Å². The second-order valence-electron chi connectivity index (χ2n) is 2.83. The third-order valence-electron chi connectivity index (χ3n) is 1.95. The third kappa shape index (κ3) is 1.23. The zero-order chi connectivity index (χ0) is 8.44. The molecule has 1 atom stereocenters. The Morgan fingerprint density at radius 1 is 1.42 bits per heavy atom. The summed E-state index contributed by atoms with van der Waals surface area (Å²) in [4.78, 5) is 0.795. The van der Waals surface area contributed by atoms with Crippen molar-refractivity contribution in [2.75, 3.05) is 0 Å². The van der Waals surface area contributed by atoms with Crippen molar-refractivity contribution in [2.24, 2.45) is 0 Å². The fourth-order valence-electron chi connectivity index (χ4n) is 1.29. The van der Waals surface area contributed by atoms with Crippen LogP contribution in [-0.4, -0.2) is 0 Å². The molecular formula is C10H9FS. The predicted molar refractivity (Wildman–Crippen MR) is 50.0 cm³/mol. The van der Waals surface area contributed by atoms with E-state index in [4.69, 9.17) is 0 Å². The minimum absolute atomic E-state index is 0.462. The molecule has 0 amide bonds. The highest BCUT2D eigenvalue weighted by atomic mass is 32.1. The summed E-state index contributed by atoms with van der Waals surface area (Å²) in [5.74, 6) is 0. The molecule has 0 nitrogen and oxygen atoms in total. The van der Waals surface area contributed by atoms with E-state index in [2.05, 4.69) is 0 Å². The minimum atomic E-state index is -1.25. The Morgan fingerprint density at radius 2 is 2.33 bits per heavy atom. The van der Waals surface area contributed by atoms with Gasteiger partial charge in [0.2, 0.25) is 0 Å². The van der Waals surface area contributed by atoms with Crippen molar-refractivity contribution in [2.45, 2.75) is 12.1 Å². The maximum Gasteiger partial charge on any atom is 0.166 e. The van der Waals surface area contributed by atoms with Gasteiger partial charge < -0.3 is 0 Å². The van der Waals surface area contributed by atoms with Crippen LogP contribution >= 0.6 is 11.3 Å². The molecule has 1 aromatic rings. The highest BCUT2D eigenvalue weighted by Gasteiger charge is 2.29. The van der Waals surface area contributed by atoms with Crippen molar-refractivity contribution in [1.82, 2.24) is 0 Å². The Bertz CT molecular complexity index is 311. The van der Waals surface area contributed by atoms with Crippen LogP contribution in [0.15, 0.2) is 41.8 Å². The third-order valence-corrected chi connectivity index (χ3v) is 2.98. The number of hydrogen-bond acceptors (Lipinski definition) is 1. The highest BCUT2D eigenvalue weighted by molar-refractivity contribution is 7.10. The Labute approximate surface area is 75.0 Å². The molecule has 0 aromatic carbocycles. The van der Waals surface area contributed by atoms with Gasteiger partial charge in [0.15, 0.2) is 5.67 Å². The van der Waals surface area contributed by atoms with Gasteiger partial charge in [-0.25, -0.2) is 4.39 Å². The average Bonchev–Trinajstić information content (AvgIpc) is 2.58. The molecule has 0 radical (unpaired) electrons. The molecule has 0 bridgehead atoms. The molecule has 2 heteroatoms. The fourth-order valence-corrected chi connectivity index (χ4v) is 2.10. The van der Waals surface area contributed by atoms with Gasteiger partial charge in [0.25, 0.3) is 0 Å². The summed E-state index contributed by atoms with van der Waals surface area (Å²) in [7, 11) is 0. The monoisotopic (exact) mass is 180 g/mol. The normalized spacial score (nSPS) is 27.8. The molecular weight excluding hydrogens is 171 g/mol. The highest BCUT2D eigenvalue weighted by Crippen LogP contribution is 2.36. The van der Waals surface area contributed by atoms with Crippen LogP contribution in [0.4, 0.5) is 4.39 Å². The van der Waals surface area contributed by atoms with Gasteiger partial charge in [0.1, 0.15) is 0 Å². The SMILES string of the molecule is FC1(c2cccs2)C=CC=CC1. The van der Waals surface area contributed by atoms with Crippen LogP contribution in [0.3, 0.4) is 0 Å². The van der Waals surface area contributed by atoms with Crippen molar-refractivity contribution in [3.8, 4) is 0 Å². The fraction of sp³-hybridized carbons (Fsp3) is 0.200. The van der Waals surface area contributed by atoms with E-state index >= 15 is 0 Å². The number of halogens is 1. The van der Waals surface area contributed by atoms with Crippen molar-refractivity contribution in [3.05, 3.63) is 46.7 Å². The summed E-state index contributed by atoms with van der Waals surface area (Å²) < 4.78 is 14.0. The molecule has 0 aliphatic heterocycles. The number of alkyl halides is 1. The zero-order valence-electron chi connectivity index (χ0n) is 6.53. The van der Waals surface area contributed by atoms with E-state index in [1.54, 1.807) is 12.2 Å². The Hall–Kier alpha value is -0.890. The Morgan fingerprint density at radius 3 is 2.92 bits per heavy atom.